The van der Waals surface area contributed by atoms with Gasteiger partial charge in [0.15, 0.2) is 0 Å². The smallest absolute Gasteiger partial charge is 0.123 e. The van der Waals surface area contributed by atoms with E-state index < -0.39 is 5.60 Å². The fourth-order valence-corrected chi connectivity index (χ4v) is 2.40. The Labute approximate surface area is 92.4 Å². The van der Waals surface area contributed by atoms with E-state index in [4.69, 9.17) is 0 Å². The number of hydrogen-bond acceptors (Lipinski definition) is 2. The van der Waals surface area contributed by atoms with Crippen LogP contribution in [0.5, 0.6) is 0 Å². The van der Waals surface area contributed by atoms with Crippen molar-refractivity contribution in [3.8, 4) is 0 Å². The van der Waals surface area contributed by atoms with Gasteiger partial charge in [0.05, 0.1) is 5.60 Å². The van der Waals surface area contributed by atoms with Gasteiger partial charge in [0, 0.05) is 5.92 Å². The first kappa shape index (κ1) is 12.4. The van der Waals surface area contributed by atoms with Crippen molar-refractivity contribution in [2.45, 2.75) is 58.0 Å². The van der Waals surface area contributed by atoms with Crippen molar-refractivity contribution in [1.82, 2.24) is 0 Å². The molecule has 0 spiro atoms. The van der Waals surface area contributed by atoms with E-state index in [-0.39, 0.29) is 5.92 Å². The van der Waals surface area contributed by atoms with Crippen LogP contribution in [0.2, 0.25) is 0 Å². The molecule has 1 aliphatic carbocycles. The minimum Gasteiger partial charge on any atom is -0.390 e. The number of aldehydes is 1. The van der Waals surface area contributed by atoms with Gasteiger partial charge in [-0.2, -0.15) is 0 Å². The highest BCUT2D eigenvalue weighted by Gasteiger charge is 2.23. The van der Waals surface area contributed by atoms with Crippen LogP contribution >= 0.6 is 0 Å². The Bertz CT molecular complexity index is 241. The molecule has 0 fully saturated rings. The SMILES string of the molecule is CCCC(C)(O)CC1=CCCC(C=O)C1. The molecule has 1 rings (SSSR count). The molecule has 2 atom stereocenters. The third-order valence-corrected chi connectivity index (χ3v) is 3.08. The summed E-state index contributed by atoms with van der Waals surface area (Å²) in [5, 5.41) is 10.1. The molecule has 0 aromatic rings. The van der Waals surface area contributed by atoms with Gasteiger partial charge < -0.3 is 9.90 Å². The average Bonchev–Trinajstić information content (AvgIpc) is 2.17. The van der Waals surface area contributed by atoms with Crippen LogP contribution in [0.25, 0.3) is 0 Å². The van der Waals surface area contributed by atoms with E-state index >= 15 is 0 Å². The van der Waals surface area contributed by atoms with Crippen LogP contribution < -0.4 is 0 Å². The zero-order chi connectivity index (χ0) is 11.3. The molecule has 0 saturated carbocycles. The van der Waals surface area contributed by atoms with Crippen LogP contribution in [0.1, 0.15) is 52.4 Å². The second-order valence-corrected chi connectivity index (χ2v) is 4.96. The van der Waals surface area contributed by atoms with Gasteiger partial charge in [-0.15, -0.1) is 0 Å². The highest BCUT2D eigenvalue weighted by atomic mass is 16.3. The van der Waals surface area contributed by atoms with Crippen molar-refractivity contribution in [2.24, 2.45) is 5.92 Å². The lowest BCUT2D eigenvalue weighted by Gasteiger charge is -2.27. The summed E-state index contributed by atoms with van der Waals surface area (Å²) >= 11 is 0. The van der Waals surface area contributed by atoms with Gasteiger partial charge in [0.25, 0.3) is 0 Å². The van der Waals surface area contributed by atoms with Crippen LogP contribution in [0.4, 0.5) is 0 Å². The number of carbonyl (C=O) groups excluding carboxylic acids is 1. The molecule has 0 radical (unpaired) electrons. The number of carbonyl (C=O) groups is 1. The summed E-state index contributed by atoms with van der Waals surface area (Å²) in [4.78, 5) is 10.7. The van der Waals surface area contributed by atoms with E-state index in [1.807, 2.05) is 6.92 Å². The lowest BCUT2D eigenvalue weighted by molar-refractivity contribution is -0.111. The van der Waals surface area contributed by atoms with Crippen LogP contribution in [0, 0.1) is 5.92 Å². The minimum absolute atomic E-state index is 0.183. The molecule has 1 aliphatic rings. The third-order valence-electron chi connectivity index (χ3n) is 3.08. The monoisotopic (exact) mass is 210 g/mol. The Morgan fingerprint density at radius 3 is 3.00 bits per heavy atom. The maximum Gasteiger partial charge on any atom is 0.123 e. The molecule has 0 heterocycles. The first-order valence-corrected chi connectivity index (χ1v) is 5.93. The molecule has 0 saturated heterocycles. The van der Waals surface area contributed by atoms with Crippen LogP contribution in [0.3, 0.4) is 0 Å². The van der Waals surface area contributed by atoms with Crippen molar-refractivity contribution < 1.29 is 9.90 Å². The van der Waals surface area contributed by atoms with Crippen molar-refractivity contribution in [2.75, 3.05) is 0 Å². The maximum atomic E-state index is 10.7. The highest BCUT2D eigenvalue weighted by molar-refractivity contribution is 5.54. The van der Waals surface area contributed by atoms with Crippen LogP contribution in [0.15, 0.2) is 11.6 Å². The minimum atomic E-state index is -0.592. The number of hydrogen-bond donors (Lipinski definition) is 1. The standard InChI is InChI=1S/C13H22O2/c1-3-7-13(2,15)9-11-5-4-6-12(8-11)10-14/h5,10,12,15H,3-4,6-9H2,1-2H3. The molecule has 0 bridgehead atoms. The van der Waals surface area contributed by atoms with Crippen molar-refractivity contribution in [1.29, 1.82) is 0 Å². The normalized spacial score (nSPS) is 25.5. The van der Waals surface area contributed by atoms with Gasteiger partial charge in [0.2, 0.25) is 0 Å². The van der Waals surface area contributed by atoms with E-state index in [1.165, 1.54) is 5.57 Å². The fourth-order valence-electron chi connectivity index (χ4n) is 2.40. The zero-order valence-corrected chi connectivity index (χ0v) is 9.83. The predicted molar refractivity (Wildman–Crippen MR) is 61.6 cm³/mol. The Kier molecular flexibility index (Phi) is 4.52. The van der Waals surface area contributed by atoms with Gasteiger partial charge in [0.1, 0.15) is 6.29 Å². The zero-order valence-electron chi connectivity index (χ0n) is 9.83. The molecule has 2 heteroatoms. The second kappa shape index (κ2) is 5.45. The molecule has 0 aromatic carbocycles. The molecule has 2 unspecified atom stereocenters. The molecule has 15 heavy (non-hydrogen) atoms. The first-order chi connectivity index (χ1) is 7.07. The maximum absolute atomic E-state index is 10.7. The molecule has 2 nitrogen and oxygen atoms in total. The molecular formula is C13H22O2. The molecule has 0 aliphatic heterocycles. The van der Waals surface area contributed by atoms with E-state index in [2.05, 4.69) is 13.0 Å². The van der Waals surface area contributed by atoms with Crippen molar-refractivity contribution in [3.05, 3.63) is 11.6 Å². The Hall–Kier alpha value is -0.630. The van der Waals surface area contributed by atoms with Gasteiger partial charge in [-0.25, -0.2) is 0 Å². The van der Waals surface area contributed by atoms with Crippen molar-refractivity contribution in [3.63, 3.8) is 0 Å². The highest BCUT2D eigenvalue weighted by Crippen LogP contribution is 2.30. The molecule has 1 N–H and O–H groups in total. The quantitative estimate of drug-likeness (QED) is 0.559. The second-order valence-electron chi connectivity index (χ2n) is 4.96. The van der Waals surface area contributed by atoms with Gasteiger partial charge >= 0.3 is 0 Å². The topological polar surface area (TPSA) is 37.3 Å². The van der Waals surface area contributed by atoms with Gasteiger partial charge in [-0.3, -0.25) is 0 Å². The molecule has 0 aromatic heterocycles. The summed E-state index contributed by atoms with van der Waals surface area (Å²) in [6.45, 7) is 3.97. The Balaban J connectivity index is 2.50. The molecular weight excluding hydrogens is 188 g/mol. The van der Waals surface area contributed by atoms with E-state index in [0.29, 0.717) is 0 Å². The lowest BCUT2D eigenvalue weighted by atomic mass is 9.83. The van der Waals surface area contributed by atoms with Gasteiger partial charge in [-0.1, -0.05) is 25.0 Å². The Morgan fingerprint density at radius 2 is 2.40 bits per heavy atom. The third kappa shape index (κ3) is 4.17. The lowest BCUT2D eigenvalue weighted by Crippen LogP contribution is -2.25. The van der Waals surface area contributed by atoms with Crippen LogP contribution in [-0.4, -0.2) is 17.0 Å². The van der Waals surface area contributed by atoms with Crippen LogP contribution in [-0.2, 0) is 4.79 Å². The van der Waals surface area contributed by atoms with Crippen molar-refractivity contribution >= 4 is 6.29 Å². The van der Waals surface area contributed by atoms with E-state index in [1.54, 1.807) is 0 Å². The van der Waals surface area contributed by atoms with Gasteiger partial charge in [-0.05, 0) is 39.0 Å². The van der Waals surface area contributed by atoms with E-state index in [9.17, 15) is 9.90 Å². The largest absolute Gasteiger partial charge is 0.390 e. The number of allylic oxidation sites excluding steroid dienone is 1. The Morgan fingerprint density at radius 1 is 1.67 bits per heavy atom. The average molecular weight is 210 g/mol. The number of aliphatic hydroxyl groups is 1. The summed E-state index contributed by atoms with van der Waals surface area (Å²) in [7, 11) is 0. The first-order valence-electron chi connectivity index (χ1n) is 5.93. The predicted octanol–water partition coefficient (Wildman–Crippen LogP) is 2.85. The number of rotatable bonds is 5. The molecule has 86 valence electrons. The summed E-state index contributed by atoms with van der Waals surface area (Å²) in [5.41, 5.74) is 0.669. The van der Waals surface area contributed by atoms with E-state index in [0.717, 1.165) is 44.8 Å². The summed E-state index contributed by atoms with van der Waals surface area (Å²) in [6, 6.07) is 0. The summed E-state index contributed by atoms with van der Waals surface area (Å²) in [5.74, 6) is 0.183. The summed E-state index contributed by atoms with van der Waals surface area (Å²) < 4.78 is 0. The summed E-state index contributed by atoms with van der Waals surface area (Å²) in [6.07, 6.45) is 8.62. The molecule has 0 amide bonds. The fraction of sp³-hybridized carbons (Fsp3) is 0.769.